The van der Waals surface area contributed by atoms with Crippen LogP contribution in [0.4, 0.5) is 0 Å². The number of aromatic nitrogens is 2. The summed E-state index contributed by atoms with van der Waals surface area (Å²) in [6, 6.07) is 0.722. The van der Waals surface area contributed by atoms with E-state index in [-0.39, 0.29) is 0 Å². The Balaban J connectivity index is 1.48. The van der Waals surface area contributed by atoms with Gasteiger partial charge in [0.15, 0.2) is 0 Å². The summed E-state index contributed by atoms with van der Waals surface area (Å²) in [4.78, 5) is 0. The summed E-state index contributed by atoms with van der Waals surface area (Å²) in [7, 11) is 0. The molecule has 1 aromatic rings. The third-order valence-corrected chi connectivity index (χ3v) is 4.45. The van der Waals surface area contributed by atoms with Gasteiger partial charge in [-0.3, -0.25) is 0 Å². The molecule has 0 saturated heterocycles. The summed E-state index contributed by atoms with van der Waals surface area (Å²) in [6.45, 7) is 0.844. The normalized spacial score (nSPS) is 21.8. The zero-order valence-corrected chi connectivity index (χ0v) is 11.5. The number of rotatable bonds is 5. The fraction of sp³-hybridized carbons (Fsp3) is 0.846. The summed E-state index contributed by atoms with van der Waals surface area (Å²) in [5.74, 6) is 0. The Morgan fingerprint density at radius 1 is 1.06 bits per heavy atom. The van der Waals surface area contributed by atoms with E-state index < -0.39 is 0 Å². The van der Waals surface area contributed by atoms with E-state index in [1.807, 2.05) is 0 Å². The monoisotopic (exact) mass is 267 g/mol. The summed E-state index contributed by atoms with van der Waals surface area (Å²) < 4.78 is 5.96. The van der Waals surface area contributed by atoms with Gasteiger partial charge >= 0.3 is 0 Å². The number of nitrogens with zero attached hydrogens (tertiary/aromatic N) is 2. The summed E-state index contributed by atoms with van der Waals surface area (Å²) in [6.07, 6.45) is 10.6. The lowest BCUT2D eigenvalue weighted by molar-refractivity contribution is 0.181. The van der Waals surface area contributed by atoms with Crippen molar-refractivity contribution in [2.45, 2.75) is 70.1 Å². The lowest BCUT2D eigenvalue weighted by Gasteiger charge is -2.13. The predicted octanol–water partition coefficient (Wildman–Crippen LogP) is 2.89. The van der Waals surface area contributed by atoms with Crippen LogP contribution in [0.3, 0.4) is 0 Å². The first-order valence-corrected chi connectivity index (χ1v) is 7.94. The lowest BCUT2D eigenvalue weighted by Crippen LogP contribution is -2.15. The second-order valence-electron chi connectivity index (χ2n) is 5.35. The molecule has 1 heterocycles. The van der Waals surface area contributed by atoms with E-state index in [1.165, 1.54) is 51.4 Å². The fourth-order valence-electron chi connectivity index (χ4n) is 2.38. The molecule has 5 heteroatoms. The highest BCUT2D eigenvalue weighted by atomic mass is 32.1. The first-order chi connectivity index (χ1) is 8.90. The second kappa shape index (κ2) is 5.97. The van der Waals surface area contributed by atoms with Crippen molar-refractivity contribution in [3.63, 3.8) is 0 Å². The van der Waals surface area contributed by atoms with Gasteiger partial charge in [0.05, 0.1) is 6.54 Å². The molecule has 2 aliphatic carbocycles. The molecule has 18 heavy (non-hydrogen) atoms. The van der Waals surface area contributed by atoms with Gasteiger partial charge in [-0.2, -0.15) is 0 Å². The van der Waals surface area contributed by atoms with Crippen LogP contribution in [0.25, 0.3) is 0 Å². The number of hydrogen-bond acceptors (Lipinski definition) is 5. The molecule has 0 radical (unpaired) electrons. The van der Waals surface area contributed by atoms with Crippen LogP contribution in [0.5, 0.6) is 5.19 Å². The largest absolute Gasteiger partial charge is 0.466 e. The third kappa shape index (κ3) is 3.65. The van der Waals surface area contributed by atoms with Gasteiger partial charge in [-0.15, -0.1) is 5.10 Å². The molecule has 2 fully saturated rings. The van der Waals surface area contributed by atoms with E-state index in [9.17, 15) is 0 Å². The first kappa shape index (κ1) is 12.4. The topological polar surface area (TPSA) is 47.0 Å². The van der Waals surface area contributed by atoms with Crippen LogP contribution in [0, 0.1) is 0 Å². The molecule has 0 aliphatic heterocycles. The lowest BCUT2D eigenvalue weighted by atomic mass is 10.2. The van der Waals surface area contributed by atoms with Gasteiger partial charge in [0.1, 0.15) is 11.1 Å². The maximum absolute atomic E-state index is 5.96. The second-order valence-corrected chi connectivity index (χ2v) is 6.37. The van der Waals surface area contributed by atoms with E-state index in [4.69, 9.17) is 4.74 Å². The van der Waals surface area contributed by atoms with Crippen molar-refractivity contribution in [1.82, 2.24) is 15.5 Å². The van der Waals surface area contributed by atoms with Crippen LogP contribution in [0.2, 0.25) is 0 Å². The molecule has 3 rings (SSSR count). The van der Waals surface area contributed by atoms with Crippen molar-refractivity contribution < 1.29 is 4.74 Å². The Morgan fingerprint density at radius 2 is 1.83 bits per heavy atom. The molecule has 1 aromatic heterocycles. The van der Waals surface area contributed by atoms with Crippen molar-refractivity contribution in [3.05, 3.63) is 5.01 Å². The van der Waals surface area contributed by atoms with Gasteiger partial charge in [0.2, 0.25) is 0 Å². The van der Waals surface area contributed by atoms with Gasteiger partial charge in [-0.05, 0) is 38.5 Å². The molecule has 2 saturated carbocycles. The van der Waals surface area contributed by atoms with E-state index in [0.717, 1.165) is 22.8 Å². The molecular formula is C13H21N3OS. The zero-order chi connectivity index (χ0) is 12.2. The van der Waals surface area contributed by atoms with Gasteiger partial charge in [-0.25, -0.2) is 0 Å². The van der Waals surface area contributed by atoms with E-state index >= 15 is 0 Å². The fourth-order valence-corrected chi connectivity index (χ4v) is 3.08. The Labute approximate surface area is 112 Å². The summed E-state index contributed by atoms with van der Waals surface area (Å²) >= 11 is 1.60. The molecule has 0 aromatic carbocycles. The van der Waals surface area contributed by atoms with Crippen LogP contribution in [-0.2, 0) is 6.54 Å². The SMILES string of the molecule is C1CCCC(Oc2nnc(CNC3CC3)s2)CC1. The molecule has 0 amide bonds. The summed E-state index contributed by atoms with van der Waals surface area (Å²) in [5.41, 5.74) is 0. The van der Waals surface area contributed by atoms with Gasteiger partial charge in [-0.1, -0.05) is 29.3 Å². The van der Waals surface area contributed by atoms with Gasteiger partial charge < -0.3 is 10.1 Å². The molecule has 100 valence electrons. The first-order valence-electron chi connectivity index (χ1n) is 7.12. The smallest absolute Gasteiger partial charge is 0.294 e. The highest BCUT2D eigenvalue weighted by molar-refractivity contribution is 7.13. The van der Waals surface area contributed by atoms with Crippen molar-refractivity contribution in [2.24, 2.45) is 0 Å². The third-order valence-electron chi connectivity index (χ3n) is 3.64. The molecule has 0 atom stereocenters. The Hall–Kier alpha value is -0.680. The van der Waals surface area contributed by atoms with Crippen LogP contribution >= 0.6 is 11.3 Å². The van der Waals surface area contributed by atoms with Gasteiger partial charge in [0, 0.05) is 6.04 Å². The van der Waals surface area contributed by atoms with Crippen LogP contribution < -0.4 is 10.1 Å². The quantitative estimate of drug-likeness (QED) is 0.833. The van der Waals surface area contributed by atoms with Crippen molar-refractivity contribution in [1.29, 1.82) is 0 Å². The minimum atomic E-state index is 0.365. The van der Waals surface area contributed by atoms with Gasteiger partial charge in [0.25, 0.3) is 5.19 Å². The van der Waals surface area contributed by atoms with Crippen molar-refractivity contribution in [2.75, 3.05) is 0 Å². The number of ether oxygens (including phenoxy) is 1. The van der Waals surface area contributed by atoms with Crippen LogP contribution in [0.1, 0.15) is 56.4 Å². The Kier molecular flexibility index (Phi) is 4.10. The summed E-state index contributed by atoms with van der Waals surface area (Å²) in [5, 5.41) is 13.6. The molecule has 2 aliphatic rings. The number of hydrogen-bond donors (Lipinski definition) is 1. The molecule has 0 unspecified atom stereocenters. The molecule has 0 spiro atoms. The maximum Gasteiger partial charge on any atom is 0.294 e. The number of nitrogens with one attached hydrogen (secondary N) is 1. The predicted molar refractivity (Wildman–Crippen MR) is 71.9 cm³/mol. The molecular weight excluding hydrogens is 246 g/mol. The Morgan fingerprint density at radius 3 is 2.56 bits per heavy atom. The van der Waals surface area contributed by atoms with E-state index in [1.54, 1.807) is 11.3 Å². The standard InChI is InChI=1S/C13H21N3OS/c1-2-4-6-11(5-3-1)17-13-16-15-12(18-13)9-14-10-7-8-10/h10-11,14H,1-9H2. The van der Waals surface area contributed by atoms with Crippen LogP contribution in [-0.4, -0.2) is 22.3 Å². The van der Waals surface area contributed by atoms with E-state index in [2.05, 4.69) is 15.5 Å². The molecule has 1 N–H and O–H groups in total. The minimum absolute atomic E-state index is 0.365. The maximum atomic E-state index is 5.96. The van der Waals surface area contributed by atoms with Crippen molar-refractivity contribution >= 4 is 11.3 Å². The van der Waals surface area contributed by atoms with Crippen molar-refractivity contribution in [3.8, 4) is 5.19 Å². The average molecular weight is 267 g/mol. The van der Waals surface area contributed by atoms with E-state index in [0.29, 0.717) is 6.10 Å². The highest BCUT2D eigenvalue weighted by Crippen LogP contribution is 2.26. The van der Waals surface area contributed by atoms with Crippen LogP contribution in [0.15, 0.2) is 0 Å². The minimum Gasteiger partial charge on any atom is -0.466 e. The zero-order valence-electron chi connectivity index (χ0n) is 10.7. The average Bonchev–Trinajstić information content (AvgIpc) is 3.14. The Bertz CT molecular complexity index is 370. The molecule has 4 nitrogen and oxygen atoms in total. The highest BCUT2D eigenvalue weighted by Gasteiger charge is 2.21. The molecule has 0 bridgehead atoms.